The molecule has 0 aliphatic carbocycles. The summed E-state index contributed by atoms with van der Waals surface area (Å²) in [5, 5.41) is 8.67. The van der Waals surface area contributed by atoms with E-state index in [4.69, 9.17) is 0 Å². The largest absolute Gasteiger partial charge is 0.271 e. The van der Waals surface area contributed by atoms with Gasteiger partial charge in [0.2, 0.25) is 0 Å². The van der Waals surface area contributed by atoms with Crippen molar-refractivity contribution in [3.8, 4) is 11.3 Å². The van der Waals surface area contributed by atoms with Crippen molar-refractivity contribution in [1.29, 1.82) is 0 Å². The highest BCUT2D eigenvalue weighted by molar-refractivity contribution is 6.13. The highest BCUT2D eigenvalue weighted by Gasteiger charge is 2.10. The molecule has 0 saturated carbocycles. The fourth-order valence-electron chi connectivity index (χ4n) is 3.10. The first kappa shape index (κ1) is 20.0. The molecule has 6 nitrogen and oxygen atoms in total. The average molecular weight is 408 g/mol. The summed E-state index contributed by atoms with van der Waals surface area (Å²) >= 11 is 0. The van der Waals surface area contributed by atoms with Crippen LogP contribution in [0.15, 0.2) is 113 Å². The van der Waals surface area contributed by atoms with Crippen LogP contribution in [-0.4, -0.2) is 21.4 Å². The maximum atomic E-state index is 12.6. The average Bonchev–Trinajstić information content (AvgIpc) is 2.82. The number of nitrogens with zero attached hydrogens (tertiary/aromatic N) is 3. The molecule has 0 saturated heterocycles. The first-order valence-electron chi connectivity index (χ1n) is 9.82. The molecule has 0 radical (unpaired) electrons. The molecule has 1 amide bonds. The lowest BCUT2D eigenvalue weighted by atomic mass is 10.0. The molecule has 0 aliphatic heterocycles. The van der Waals surface area contributed by atoms with Crippen molar-refractivity contribution in [1.82, 2.24) is 15.2 Å². The first-order chi connectivity index (χ1) is 15.2. The Balaban J connectivity index is 1.56. The molecule has 3 aromatic carbocycles. The number of hydrogen-bond donors (Lipinski definition) is 1. The molecule has 1 aromatic heterocycles. The number of benzene rings is 3. The van der Waals surface area contributed by atoms with Crippen LogP contribution in [0.25, 0.3) is 11.3 Å². The number of hydrogen-bond acceptors (Lipinski definition) is 4. The highest BCUT2D eigenvalue weighted by Crippen LogP contribution is 2.14. The predicted octanol–water partition coefficient (Wildman–Crippen LogP) is 3.48. The van der Waals surface area contributed by atoms with Crippen molar-refractivity contribution in [3.05, 3.63) is 125 Å². The Bertz CT molecular complexity index is 1210. The van der Waals surface area contributed by atoms with E-state index in [2.05, 4.69) is 15.6 Å². The lowest BCUT2D eigenvalue weighted by molar-refractivity contribution is -0.121. The maximum Gasteiger partial charge on any atom is 0.267 e. The molecule has 0 spiro atoms. The first-order valence-corrected chi connectivity index (χ1v) is 9.82. The number of hydrazone groups is 1. The number of nitrogens with one attached hydrogen (secondary N) is 1. The van der Waals surface area contributed by atoms with Crippen molar-refractivity contribution >= 4 is 11.6 Å². The molecular weight excluding hydrogens is 388 g/mol. The third-order valence-corrected chi connectivity index (χ3v) is 4.62. The van der Waals surface area contributed by atoms with Gasteiger partial charge in [0.25, 0.3) is 11.5 Å². The summed E-state index contributed by atoms with van der Waals surface area (Å²) in [6, 6.07) is 31.7. The van der Waals surface area contributed by atoms with Gasteiger partial charge >= 0.3 is 0 Å². The fraction of sp³-hybridized carbons (Fsp3) is 0.0400. The van der Waals surface area contributed by atoms with Gasteiger partial charge in [0, 0.05) is 22.8 Å². The minimum absolute atomic E-state index is 0.236. The lowest BCUT2D eigenvalue weighted by Crippen LogP contribution is -2.32. The van der Waals surface area contributed by atoms with Crippen molar-refractivity contribution in [3.63, 3.8) is 0 Å². The van der Waals surface area contributed by atoms with Crippen molar-refractivity contribution in [2.24, 2.45) is 5.10 Å². The Morgan fingerprint density at radius 1 is 0.774 bits per heavy atom. The zero-order valence-corrected chi connectivity index (χ0v) is 16.7. The maximum absolute atomic E-state index is 12.6. The van der Waals surface area contributed by atoms with E-state index in [9.17, 15) is 9.59 Å². The van der Waals surface area contributed by atoms with Crippen LogP contribution in [-0.2, 0) is 11.3 Å². The molecule has 0 fully saturated rings. The summed E-state index contributed by atoms with van der Waals surface area (Å²) in [5.41, 5.74) is 6.06. The van der Waals surface area contributed by atoms with E-state index >= 15 is 0 Å². The molecule has 0 aliphatic rings. The van der Waals surface area contributed by atoms with E-state index in [0.717, 1.165) is 21.4 Å². The molecular formula is C25H20N4O2. The number of carbonyl (C=O) groups excluding carboxylic acids is 1. The minimum Gasteiger partial charge on any atom is -0.271 e. The van der Waals surface area contributed by atoms with Gasteiger partial charge in [0.15, 0.2) is 0 Å². The SMILES string of the molecule is O=C(Cn1nc(-c2ccccc2)ccc1=O)NN=C(c1ccccc1)c1ccccc1. The third-order valence-electron chi connectivity index (χ3n) is 4.62. The van der Waals surface area contributed by atoms with Crippen molar-refractivity contribution in [2.75, 3.05) is 0 Å². The second-order valence-electron chi connectivity index (χ2n) is 6.81. The fourth-order valence-corrected chi connectivity index (χ4v) is 3.10. The van der Waals surface area contributed by atoms with Gasteiger partial charge in [-0.05, 0) is 6.07 Å². The molecule has 4 rings (SSSR count). The van der Waals surface area contributed by atoms with Crippen LogP contribution in [0, 0.1) is 0 Å². The second-order valence-corrected chi connectivity index (χ2v) is 6.81. The highest BCUT2D eigenvalue weighted by atomic mass is 16.2. The number of amides is 1. The van der Waals surface area contributed by atoms with Crippen LogP contribution < -0.4 is 11.0 Å². The Kier molecular flexibility index (Phi) is 6.09. The number of aromatic nitrogens is 2. The zero-order chi connectivity index (χ0) is 21.5. The van der Waals surface area contributed by atoms with Gasteiger partial charge in [-0.2, -0.15) is 10.2 Å². The van der Waals surface area contributed by atoms with Gasteiger partial charge in [0.05, 0.1) is 11.4 Å². The van der Waals surface area contributed by atoms with Crippen LogP contribution in [0.4, 0.5) is 0 Å². The summed E-state index contributed by atoms with van der Waals surface area (Å²) in [4.78, 5) is 24.8. The summed E-state index contributed by atoms with van der Waals surface area (Å²) in [5.74, 6) is -0.441. The third kappa shape index (κ3) is 5.00. The number of carbonyl (C=O) groups is 1. The van der Waals surface area contributed by atoms with E-state index in [0.29, 0.717) is 11.4 Å². The van der Waals surface area contributed by atoms with Gasteiger partial charge in [-0.1, -0.05) is 91.0 Å². The van der Waals surface area contributed by atoms with Gasteiger partial charge < -0.3 is 0 Å². The lowest BCUT2D eigenvalue weighted by Gasteiger charge is -2.09. The summed E-state index contributed by atoms with van der Waals surface area (Å²) in [6.45, 7) is -0.236. The smallest absolute Gasteiger partial charge is 0.267 e. The van der Waals surface area contributed by atoms with E-state index in [-0.39, 0.29) is 12.1 Å². The van der Waals surface area contributed by atoms with Crippen LogP contribution >= 0.6 is 0 Å². The van der Waals surface area contributed by atoms with Crippen LogP contribution in [0.5, 0.6) is 0 Å². The van der Waals surface area contributed by atoms with Gasteiger partial charge in [-0.3, -0.25) is 9.59 Å². The topological polar surface area (TPSA) is 76.3 Å². The second kappa shape index (κ2) is 9.45. The molecule has 0 unspecified atom stereocenters. The molecule has 1 heterocycles. The summed E-state index contributed by atoms with van der Waals surface area (Å²) in [7, 11) is 0. The van der Waals surface area contributed by atoms with E-state index in [1.807, 2.05) is 91.0 Å². The molecule has 152 valence electrons. The Hall–Kier alpha value is -4.32. The summed E-state index contributed by atoms with van der Waals surface area (Å²) in [6.07, 6.45) is 0. The summed E-state index contributed by atoms with van der Waals surface area (Å²) < 4.78 is 1.14. The van der Waals surface area contributed by atoms with Crippen LogP contribution in [0.1, 0.15) is 11.1 Å². The Labute approximate surface area is 179 Å². The molecule has 0 bridgehead atoms. The minimum atomic E-state index is -0.441. The quantitative estimate of drug-likeness (QED) is 0.392. The van der Waals surface area contributed by atoms with E-state index in [1.165, 1.54) is 6.07 Å². The van der Waals surface area contributed by atoms with E-state index < -0.39 is 5.91 Å². The van der Waals surface area contributed by atoms with Crippen LogP contribution in [0.3, 0.4) is 0 Å². The predicted molar refractivity (Wildman–Crippen MR) is 121 cm³/mol. The molecule has 0 atom stereocenters. The molecule has 4 aromatic rings. The number of rotatable bonds is 6. The van der Waals surface area contributed by atoms with Gasteiger partial charge in [-0.15, -0.1) is 0 Å². The van der Waals surface area contributed by atoms with Gasteiger partial charge in [-0.25, -0.2) is 10.1 Å². The van der Waals surface area contributed by atoms with Crippen LogP contribution in [0.2, 0.25) is 0 Å². The van der Waals surface area contributed by atoms with Crippen molar-refractivity contribution in [2.45, 2.75) is 6.54 Å². The van der Waals surface area contributed by atoms with E-state index in [1.54, 1.807) is 6.07 Å². The normalized spacial score (nSPS) is 10.3. The molecule has 6 heteroatoms. The zero-order valence-electron chi connectivity index (χ0n) is 16.7. The molecule has 31 heavy (non-hydrogen) atoms. The van der Waals surface area contributed by atoms with Crippen molar-refractivity contribution < 1.29 is 4.79 Å². The Morgan fingerprint density at radius 2 is 1.32 bits per heavy atom. The molecule has 1 N–H and O–H groups in total. The van der Waals surface area contributed by atoms with Gasteiger partial charge in [0.1, 0.15) is 6.54 Å². The Morgan fingerprint density at radius 3 is 1.90 bits per heavy atom. The standard InChI is InChI=1S/C25H20N4O2/c30-23(18-29-24(31)17-16-22(28-29)19-10-4-1-5-11-19)26-27-25(20-12-6-2-7-13-20)21-14-8-3-9-15-21/h1-17H,18H2,(H,26,30). The monoisotopic (exact) mass is 408 g/mol.